The lowest BCUT2D eigenvalue weighted by atomic mass is 9.91. The summed E-state index contributed by atoms with van der Waals surface area (Å²) in [5.74, 6) is -1.50. The van der Waals surface area contributed by atoms with Crippen LogP contribution in [0.4, 0.5) is 10.5 Å². The third-order valence-corrected chi connectivity index (χ3v) is 6.40. The van der Waals surface area contributed by atoms with Crippen molar-refractivity contribution in [2.45, 2.75) is 19.8 Å². The first kappa shape index (κ1) is 24.0. The number of amides is 2. The normalized spacial score (nSPS) is 12.4. The van der Waals surface area contributed by atoms with Gasteiger partial charge in [-0.3, -0.25) is 4.79 Å². The number of fused-ring (bicyclic) bond motifs is 3. The smallest absolute Gasteiger partial charge is 0.407 e. The molecule has 0 aromatic heterocycles. The molecule has 35 heavy (non-hydrogen) atoms. The van der Waals surface area contributed by atoms with Crippen LogP contribution in [0.3, 0.4) is 0 Å². The van der Waals surface area contributed by atoms with Crippen LogP contribution in [0.1, 0.15) is 41.3 Å². The molecule has 7 nitrogen and oxygen atoms in total. The predicted molar refractivity (Wildman–Crippen MR) is 134 cm³/mol. The number of hydrogen-bond acceptors (Lipinski definition) is 4. The van der Waals surface area contributed by atoms with Crippen LogP contribution in [0.2, 0.25) is 0 Å². The Morgan fingerprint density at radius 1 is 0.914 bits per heavy atom. The minimum atomic E-state index is -1.12. The lowest BCUT2D eigenvalue weighted by Gasteiger charge is -2.30. The molecule has 0 heterocycles. The molecule has 7 heteroatoms. The van der Waals surface area contributed by atoms with E-state index in [4.69, 9.17) is 4.74 Å². The number of ether oxygens (including phenoxy) is 1. The number of carbonyl (C=O) groups is 3. The number of benzene rings is 3. The van der Waals surface area contributed by atoms with Crippen molar-refractivity contribution in [3.05, 3.63) is 89.5 Å². The van der Waals surface area contributed by atoms with E-state index in [9.17, 15) is 19.5 Å². The molecule has 3 aromatic rings. The van der Waals surface area contributed by atoms with Gasteiger partial charge in [0.2, 0.25) is 5.91 Å². The van der Waals surface area contributed by atoms with Gasteiger partial charge in [0.15, 0.2) is 0 Å². The zero-order chi connectivity index (χ0) is 25.2. The molecule has 0 spiro atoms. The van der Waals surface area contributed by atoms with E-state index in [1.807, 2.05) is 36.4 Å². The lowest BCUT2D eigenvalue weighted by Crippen LogP contribution is -2.46. The predicted octanol–water partition coefficient (Wildman–Crippen LogP) is 4.91. The molecule has 4 rings (SSSR count). The number of nitrogens with one attached hydrogen (secondary N) is 1. The van der Waals surface area contributed by atoms with Crippen molar-refractivity contribution in [3.8, 4) is 11.1 Å². The van der Waals surface area contributed by atoms with Crippen LogP contribution < -0.4 is 10.2 Å². The first-order valence-electron chi connectivity index (χ1n) is 11.4. The zero-order valence-corrected chi connectivity index (χ0v) is 19.9. The first-order valence-corrected chi connectivity index (χ1v) is 11.4. The Kier molecular flexibility index (Phi) is 6.60. The van der Waals surface area contributed by atoms with E-state index in [0.717, 1.165) is 22.3 Å². The average Bonchev–Trinajstić information content (AvgIpc) is 3.19. The maximum atomic E-state index is 13.1. The molecule has 0 unspecified atom stereocenters. The third-order valence-electron chi connectivity index (χ3n) is 6.40. The summed E-state index contributed by atoms with van der Waals surface area (Å²) >= 11 is 0. The Labute approximate surface area is 204 Å². The van der Waals surface area contributed by atoms with Crippen molar-refractivity contribution in [2.24, 2.45) is 5.41 Å². The number of anilines is 1. The highest BCUT2D eigenvalue weighted by Gasteiger charge is 2.34. The molecule has 2 amide bonds. The van der Waals surface area contributed by atoms with E-state index in [-0.39, 0.29) is 30.5 Å². The highest BCUT2D eigenvalue weighted by Crippen LogP contribution is 2.44. The summed E-state index contributed by atoms with van der Waals surface area (Å²) in [7, 11) is 1.53. The molecule has 0 saturated carbocycles. The molecule has 2 N–H and O–H groups in total. The Balaban J connectivity index is 1.38. The van der Waals surface area contributed by atoms with Crippen LogP contribution in [0.5, 0.6) is 0 Å². The van der Waals surface area contributed by atoms with Gasteiger partial charge >= 0.3 is 12.1 Å². The van der Waals surface area contributed by atoms with E-state index in [2.05, 4.69) is 17.4 Å². The van der Waals surface area contributed by atoms with Crippen molar-refractivity contribution >= 4 is 23.7 Å². The molecule has 0 aliphatic heterocycles. The molecule has 0 radical (unpaired) electrons. The second-order valence-corrected chi connectivity index (χ2v) is 9.25. The number of carbonyl (C=O) groups excluding carboxylic acids is 2. The van der Waals surface area contributed by atoms with Crippen LogP contribution >= 0.6 is 0 Å². The van der Waals surface area contributed by atoms with E-state index in [1.165, 1.54) is 18.0 Å². The standard InChI is InChI=1S/C28H28N2O5/c1-28(2,26(33)30(3)24-15-9-8-14-22(24)25(31)32)17-29-27(34)35-16-23-20-12-6-4-10-18(20)19-11-5-7-13-21(19)23/h4-15,23H,16-17H2,1-3H3,(H,29,34)(H,31,32). The van der Waals surface area contributed by atoms with Crippen molar-refractivity contribution in [2.75, 3.05) is 25.1 Å². The molecule has 1 aliphatic carbocycles. The van der Waals surface area contributed by atoms with Crippen molar-refractivity contribution in [1.82, 2.24) is 5.32 Å². The first-order chi connectivity index (χ1) is 16.7. The van der Waals surface area contributed by atoms with Gasteiger partial charge in [-0.2, -0.15) is 0 Å². The Bertz CT molecular complexity index is 1240. The fourth-order valence-corrected chi connectivity index (χ4v) is 4.53. The molecule has 0 fully saturated rings. The molecule has 0 saturated heterocycles. The van der Waals surface area contributed by atoms with Gasteiger partial charge in [-0.25, -0.2) is 9.59 Å². The number of nitrogens with zero attached hydrogens (tertiary/aromatic N) is 1. The van der Waals surface area contributed by atoms with E-state index in [1.54, 1.807) is 32.0 Å². The molecular weight excluding hydrogens is 444 g/mol. The van der Waals surface area contributed by atoms with Gasteiger partial charge in [0, 0.05) is 19.5 Å². The number of hydrogen-bond donors (Lipinski definition) is 2. The maximum Gasteiger partial charge on any atom is 0.407 e. The van der Waals surface area contributed by atoms with Crippen molar-refractivity contribution in [1.29, 1.82) is 0 Å². The second-order valence-electron chi connectivity index (χ2n) is 9.25. The van der Waals surface area contributed by atoms with Gasteiger partial charge in [0.05, 0.1) is 16.7 Å². The Hall–Kier alpha value is -4.13. The minimum absolute atomic E-state index is 0.0298. The monoisotopic (exact) mass is 472 g/mol. The van der Waals surface area contributed by atoms with E-state index >= 15 is 0 Å². The quantitative estimate of drug-likeness (QED) is 0.509. The molecular formula is C28H28N2O5. The number of aromatic carboxylic acids is 1. The van der Waals surface area contributed by atoms with Gasteiger partial charge in [0.25, 0.3) is 0 Å². The summed E-state index contributed by atoms with van der Waals surface area (Å²) in [4.78, 5) is 38.5. The summed E-state index contributed by atoms with van der Waals surface area (Å²) in [5, 5.41) is 12.1. The van der Waals surface area contributed by atoms with Crippen LogP contribution in [0.15, 0.2) is 72.8 Å². The maximum absolute atomic E-state index is 13.1. The van der Waals surface area contributed by atoms with Crippen LogP contribution in [0, 0.1) is 5.41 Å². The van der Waals surface area contributed by atoms with Crippen LogP contribution in [0.25, 0.3) is 11.1 Å². The summed E-state index contributed by atoms with van der Waals surface area (Å²) in [5.41, 5.74) is 3.86. The summed E-state index contributed by atoms with van der Waals surface area (Å²) in [6.45, 7) is 3.60. The average molecular weight is 473 g/mol. The largest absolute Gasteiger partial charge is 0.478 e. The van der Waals surface area contributed by atoms with Gasteiger partial charge < -0.3 is 20.1 Å². The fraction of sp³-hybridized carbons (Fsp3) is 0.250. The van der Waals surface area contributed by atoms with Crippen LogP contribution in [-0.2, 0) is 9.53 Å². The van der Waals surface area contributed by atoms with Gasteiger partial charge in [-0.15, -0.1) is 0 Å². The van der Waals surface area contributed by atoms with Crippen molar-refractivity contribution < 1.29 is 24.2 Å². The zero-order valence-electron chi connectivity index (χ0n) is 19.9. The van der Waals surface area contributed by atoms with Gasteiger partial charge in [-0.05, 0) is 48.2 Å². The molecule has 0 atom stereocenters. The van der Waals surface area contributed by atoms with Crippen molar-refractivity contribution in [3.63, 3.8) is 0 Å². The Morgan fingerprint density at radius 3 is 2.06 bits per heavy atom. The fourth-order valence-electron chi connectivity index (χ4n) is 4.53. The topological polar surface area (TPSA) is 95.9 Å². The lowest BCUT2D eigenvalue weighted by molar-refractivity contribution is -0.126. The highest BCUT2D eigenvalue weighted by molar-refractivity contribution is 6.03. The van der Waals surface area contributed by atoms with E-state index < -0.39 is 17.5 Å². The second kappa shape index (κ2) is 9.62. The number of rotatable bonds is 7. The van der Waals surface area contributed by atoms with Gasteiger partial charge in [0.1, 0.15) is 6.61 Å². The molecule has 0 bridgehead atoms. The van der Waals surface area contributed by atoms with Crippen LogP contribution in [-0.4, -0.2) is 43.3 Å². The van der Waals surface area contributed by atoms with E-state index in [0.29, 0.717) is 5.69 Å². The SMILES string of the molecule is CN(C(=O)C(C)(C)CNC(=O)OCC1c2ccccc2-c2ccccc21)c1ccccc1C(=O)O. The summed E-state index contributed by atoms with van der Waals surface area (Å²) in [6, 6.07) is 22.5. The highest BCUT2D eigenvalue weighted by atomic mass is 16.5. The molecule has 3 aromatic carbocycles. The number of para-hydroxylation sites is 1. The molecule has 180 valence electrons. The number of carboxylic acid groups (broad SMARTS) is 1. The number of carboxylic acids is 1. The third kappa shape index (κ3) is 4.75. The summed E-state index contributed by atoms with van der Waals surface area (Å²) < 4.78 is 5.56. The Morgan fingerprint density at radius 2 is 1.46 bits per heavy atom. The minimum Gasteiger partial charge on any atom is -0.478 e. The molecule has 1 aliphatic rings. The van der Waals surface area contributed by atoms with Gasteiger partial charge in [-0.1, -0.05) is 60.7 Å². The summed E-state index contributed by atoms with van der Waals surface area (Å²) in [6.07, 6.45) is -0.610. The number of alkyl carbamates (subject to hydrolysis) is 1.